The van der Waals surface area contributed by atoms with Crippen LogP contribution in [0.5, 0.6) is 5.75 Å². The lowest BCUT2D eigenvalue weighted by atomic mass is 10.0. The maximum Gasteiger partial charge on any atom is 0.471 e. The van der Waals surface area contributed by atoms with Gasteiger partial charge in [-0.25, -0.2) is 9.97 Å². The number of piperidine rings is 1. The number of aromatic amines is 1. The molecule has 2 N–H and O–H groups in total. The van der Waals surface area contributed by atoms with Gasteiger partial charge in [0.1, 0.15) is 11.9 Å². The van der Waals surface area contributed by atoms with E-state index in [0.29, 0.717) is 43.2 Å². The number of carbonyl (C=O) groups is 1. The van der Waals surface area contributed by atoms with E-state index in [1.807, 2.05) is 12.4 Å². The lowest BCUT2D eigenvalue weighted by molar-refractivity contribution is -0.167. The van der Waals surface area contributed by atoms with Crippen LogP contribution in [-0.2, 0) is 11.2 Å². The van der Waals surface area contributed by atoms with E-state index >= 15 is 0 Å². The second-order valence-corrected chi connectivity index (χ2v) is 8.52. The first-order valence-electron chi connectivity index (χ1n) is 11.7. The van der Waals surface area contributed by atoms with Crippen molar-refractivity contribution >= 4 is 17.5 Å². The van der Waals surface area contributed by atoms with Gasteiger partial charge < -0.3 is 19.9 Å². The first-order chi connectivity index (χ1) is 17.2. The molecule has 1 saturated heterocycles. The summed E-state index contributed by atoms with van der Waals surface area (Å²) in [6, 6.07) is 7.19. The molecule has 1 fully saturated rings. The highest BCUT2D eigenvalue weighted by Gasteiger charge is 2.38. The molecule has 4 rings (SSSR count). The summed E-state index contributed by atoms with van der Waals surface area (Å²) < 4.78 is 43.7. The van der Waals surface area contributed by atoms with E-state index in [2.05, 4.69) is 26.8 Å². The smallest absolute Gasteiger partial charge is 0.471 e. The predicted molar refractivity (Wildman–Crippen MR) is 129 cm³/mol. The molecule has 0 radical (unpaired) electrons. The number of amides is 1. The summed E-state index contributed by atoms with van der Waals surface area (Å²) in [5.41, 5.74) is 1.40. The Balaban J connectivity index is 1.43. The highest BCUT2D eigenvalue weighted by molar-refractivity contribution is 5.95. The van der Waals surface area contributed by atoms with Gasteiger partial charge in [-0.1, -0.05) is 25.5 Å². The van der Waals surface area contributed by atoms with Crippen LogP contribution in [0.25, 0.3) is 11.1 Å². The number of benzene rings is 1. The van der Waals surface area contributed by atoms with Crippen LogP contribution >= 0.6 is 0 Å². The van der Waals surface area contributed by atoms with Gasteiger partial charge in [-0.3, -0.25) is 9.59 Å². The quantitative estimate of drug-likeness (QED) is 0.500. The highest BCUT2D eigenvalue weighted by atomic mass is 19.4. The number of alkyl halides is 3. The third kappa shape index (κ3) is 6.02. The van der Waals surface area contributed by atoms with Crippen molar-refractivity contribution in [3.05, 3.63) is 64.8 Å². The summed E-state index contributed by atoms with van der Waals surface area (Å²) in [4.78, 5) is 37.4. The van der Waals surface area contributed by atoms with Gasteiger partial charge in [0.25, 0.3) is 5.56 Å². The van der Waals surface area contributed by atoms with E-state index < -0.39 is 17.6 Å². The molecule has 0 aliphatic carbocycles. The third-order valence-corrected chi connectivity index (χ3v) is 5.86. The number of rotatable bonds is 7. The number of nitrogens with zero attached hydrogens (tertiary/aromatic N) is 3. The Hall–Kier alpha value is -3.89. The number of nitrogens with one attached hydrogen (secondary N) is 2. The number of halogens is 3. The monoisotopic (exact) mass is 501 g/mol. The number of hydrogen-bond acceptors (Lipinski definition) is 6. The molecule has 1 aromatic carbocycles. The molecule has 3 heterocycles. The van der Waals surface area contributed by atoms with Crippen LogP contribution in [-0.4, -0.2) is 46.2 Å². The number of hydrogen-bond donors (Lipinski definition) is 2. The van der Waals surface area contributed by atoms with Crippen LogP contribution in [0, 0.1) is 0 Å². The first-order valence-corrected chi connectivity index (χ1v) is 11.7. The highest BCUT2D eigenvalue weighted by Crippen LogP contribution is 2.30. The van der Waals surface area contributed by atoms with Crippen LogP contribution in [0.15, 0.2) is 53.7 Å². The fourth-order valence-corrected chi connectivity index (χ4v) is 4.04. The molecule has 0 unspecified atom stereocenters. The molecule has 36 heavy (non-hydrogen) atoms. The van der Waals surface area contributed by atoms with E-state index in [1.54, 1.807) is 11.4 Å². The molecule has 0 spiro atoms. The lowest BCUT2D eigenvalue weighted by Crippen LogP contribution is -2.39. The Labute approximate surface area is 205 Å². The maximum absolute atomic E-state index is 12.6. The van der Waals surface area contributed by atoms with Gasteiger partial charge in [0, 0.05) is 50.2 Å². The molecule has 190 valence electrons. The number of ether oxygens (including phenoxy) is 1. The Morgan fingerprint density at radius 1 is 1.14 bits per heavy atom. The summed E-state index contributed by atoms with van der Waals surface area (Å²) in [5.74, 6) is -1.00. The molecule has 3 aromatic rings. The number of pyridine rings is 1. The molecular formula is C25H26F3N5O3. The Morgan fingerprint density at radius 3 is 2.42 bits per heavy atom. The van der Waals surface area contributed by atoms with Crippen molar-refractivity contribution in [2.24, 2.45) is 0 Å². The lowest BCUT2D eigenvalue weighted by Gasteiger charge is -2.32. The van der Waals surface area contributed by atoms with Crippen LogP contribution in [0.4, 0.5) is 24.8 Å². The van der Waals surface area contributed by atoms with Gasteiger partial charge in [-0.05, 0) is 35.7 Å². The minimum absolute atomic E-state index is 0.0341. The number of carbonyl (C=O) groups excluding carboxylic acids is 1. The van der Waals surface area contributed by atoms with Crippen molar-refractivity contribution in [2.45, 2.75) is 44.9 Å². The van der Waals surface area contributed by atoms with Gasteiger partial charge in [0.15, 0.2) is 0 Å². The summed E-state index contributed by atoms with van der Waals surface area (Å²) >= 11 is 0. The van der Waals surface area contributed by atoms with Crippen LogP contribution in [0.1, 0.15) is 31.7 Å². The molecular weight excluding hydrogens is 475 g/mol. The zero-order valence-corrected chi connectivity index (χ0v) is 19.6. The molecule has 1 aliphatic heterocycles. The van der Waals surface area contributed by atoms with Crippen LogP contribution in [0.3, 0.4) is 0 Å². The Kier molecular flexibility index (Phi) is 7.56. The maximum atomic E-state index is 12.6. The average molecular weight is 502 g/mol. The third-order valence-electron chi connectivity index (χ3n) is 5.86. The van der Waals surface area contributed by atoms with Gasteiger partial charge in [0.05, 0.1) is 5.56 Å². The number of aromatic nitrogens is 3. The van der Waals surface area contributed by atoms with Crippen molar-refractivity contribution in [2.75, 3.05) is 23.3 Å². The van der Waals surface area contributed by atoms with Crippen molar-refractivity contribution in [1.29, 1.82) is 0 Å². The summed E-state index contributed by atoms with van der Waals surface area (Å²) in [6.45, 7) is 3.51. The van der Waals surface area contributed by atoms with Crippen molar-refractivity contribution in [3.8, 4) is 16.9 Å². The van der Waals surface area contributed by atoms with Crippen molar-refractivity contribution in [3.63, 3.8) is 0 Å². The van der Waals surface area contributed by atoms with E-state index in [-0.39, 0.29) is 17.4 Å². The molecule has 11 heteroatoms. The van der Waals surface area contributed by atoms with Gasteiger partial charge in [-0.2, -0.15) is 13.2 Å². The Morgan fingerprint density at radius 2 is 1.81 bits per heavy atom. The largest absolute Gasteiger partial charge is 0.489 e. The summed E-state index contributed by atoms with van der Waals surface area (Å²) in [7, 11) is 0. The fourth-order valence-electron chi connectivity index (χ4n) is 4.04. The number of aryl methyl sites for hydroxylation is 1. The fraction of sp³-hybridized carbons (Fsp3) is 0.360. The predicted octanol–water partition coefficient (Wildman–Crippen LogP) is 4.33. The standard InChI is InChI=1S/C25H26F3N5O3/c1-2-3-16-14-30-24(31-15-16)33-12-9-19(10-13-33)36-20-8-11-29-22(34)21(20)17-4-6-18(7-5-17)32-23(35)25(26,27)28/h4-8,11,14-15,19H,2-3,9-10,12-13H2,1H3,(H,29,34)(H,32,35). The molecule has 8 nitrogen and oxygen atoms in total. The van der Waals surface area contributed by atoms with Gasteiger partial charge in [0.2, 0.25) is 5.95 Å². The Bertz CT molecular complexity index is 1240. The van der Waals surface area contributed by atoms with Gasteiger partial charge >= 0.3 is 12.1 Å². The molecule has 0 bridgehead atoms. The minimum atomic E-state index is -4.99. The van der Waals surface area contributed by atoms with Crippen LogP contribution in [0.2, 0.25) is 0 Å². The molecule has 0 atom stereocenters. The normalized spacial score (nSPS) is 14.5. The SMILES string of the molecule is CCCc1cnc(N2CCC(Oc3cc[nH]c(=O)c3-c3ccc(NC(=O)C(F)(F)F)cc3)CC2)nc1. The number of H-pyrrole nitrogens is 1. The van der Waals surface area contributed by atoms with E-state index in [1.165, 1.54) is 30.5 Å². The van der Waals surface area contributed by atoms with Gasteiger partial charge in [-0.15, -0.1) is 0 Å². The zero-order valence-electron chi connectivity index (χ0n) is 19.6. The summed E-state index contributed by atoms with van der Waals surface area (Å²) in [5, 5.41) is 1.79. The molecule has 1 aliphatic rings. The zero-order chi connectivity index (χ0) is 25.7. The second kappa shape index (κ2) is 10.8. The summed E-state index contributed by atoms with van der Waals surface area (Å²) in [6.07, 6.45) is 3.47. The van der Waals surface area contributed by atoms with E-state index in [0.717, 1.165) is 18.4 Å². The molecule has 0 saturated carbocycles. The second-order valence-electron chi connectivity index (χ2n) is 8.52. The first kappa shape index (κ1) is 25.2. The topological polar surface area (TPSA) is 100 Å². The van der Waals surface area contributed by atoms with E-state index in [4.69, 9.17) is 4.74 Å². The minimum Gasteiger partial charge on any atom is -0.489 e. The number of anilines is 2. The van der Waals surface area contributed by atoms with Crippen molar-refractivity contribution in [1.82, 2.24) is 15.0 Å². The molecule has 1 amide bonds. The molecule has 2 aromatic heterocycles. The van der Waals surface area contributed by atoms with E-state index in [9.17, 15) is 22.8 Å². The van der Waals surface area contributed by atoms with Crippen LogP contribution < -0.4 is 20.5 Å². The van der Waals surface area contributed by atoms with Crippen molar-refractivity contribution < 1.29 is 22.7 Å². The average Bonchev–Trinajstić information content (AvgIpc) is 2.86.